The van der Waals surface area contributed by atoms with E-state index in [-0.39, 0.29) is 11.2 Å². The molecule has 5 heteroatoms. The van der Waals surface area contributed by atoms with E-state index in [1.165, 1.54) is 0 Å². The highest BCUT2D eigenvalue weighted by atomic mass is 35.5. The summed E-state index contributed by atoms with van der Waals surface area (Å²) in [6.45, 7) is 11.7. The van der Waals surface area contributed by atoms with Crippen LogP contribution in [0.3, 0.4) is 0 Å². The van der Waals surface area contributed by atoms with E-state index in [9.17, 15) is 0 Å². The number of rotatable bonds is 2. The first-order valence-corrected chi connectivity index (χ1v) is 6.28. The maximum atomic E-state index is 6.23. The average Bonchev–Trinajstić information content (AvgIpc) is 2.47. The fourth-order valence-corrected chi connectivity index (χ4v) is 1.96. The van der Waals surface area contributed by atoms with Crippen molar-refractivity contribution in [3.63, 3.8) is 0 Å². The van der Waals surface area contributed by atoms with E-state index in [0.717, 1.165) is 11.2 Å². The van der Waals surface area contributed by atoms with Gasteiger partial charge in [0, 0.05) is 16.7 Å². The molecule has 1 saturated heterocycles. The van der Waals surface area contributed by atoms with Crippen LogP contribution in [0, 0.1) is 0 Å². The lowest BCUT2D eigenvalue weighted by molar-refractivity contribution is 0.00578. The molecule has 0 aliphatic carbocycles. The molecule has 0 amide bonds. The third kappa shape index (κ3) is 2.20. The van der Waals surface area contributed by atoms with E-state index in [2.05, 4.69) is 11.6 Å². The van der Waals surface area contributed by atoms with Crippen LogP contribution in [0.25, 0.3) is 6.08 Å². The Morgan fingerprint density at radius 2 is 1.83 bits per heavy atom. The number of nitrogens with zero attached hydrogens (tertiary/aromatic N) is 1. The zero-order chi connectivity index (χ0) is 13.6. The van der Waals surface area contributed by atoms with E-state index in [4.69, 9.17) is 20.9 Å². The monoisotopic (exact) mass is 265 g/mol. The molecule has 1 fully saturated rings. The molecule has 96 valence electrons. The molecule has 0 N–H and O–H groups in total. The summed E-state index contributed by atoms with van der Waals surface area (Å²) in [7, 11) is -0.478. The lowest BCUT2D eigenvalue weighted by Crippen LogP contribution is -2.41. The molecule has 0 radical (unpaired) electrons. The summed E-state index contributed by atoms with van der Waals surface area (Å²) >= 11 is 6.23. The van der Waals surface area contributed by atoms with E-state index in [1.54, 1.807) is 18.3 Å². The van der Waals surface area contributed by atoms with Gasteiger partial charge in [-0.05, 0) is 39.8 Å². The Labute approximate surface area is 113 Å². The highest BCUT2D eigenvalue weighted by molar-refractivity contribution is 6.65. The SMILES string of the molecule is C=Cc1cc(Cl)c(B2OC(C)(C)C(C)(C)O2)cn1. The Hall–Kier alpha value is -0.835. The highest BCUT2D eigenvalue weighted by Crippen LogP contribution is 2.36. The van der Waals surface area contributed by atoms with Gasteiger partial charge in [-0.25, -0.2) is 0 Å². The van der Waals surface area contributed by atoms with Gasteiger partial charge in [0.1, 0.15) is 0 Å². The van der Waals surface area contributed by atoms with Crippen LogP contribution in [0.5, 0.6) is 0 Å². The Morgan fingerprint density at radius 3 is 2.28 bits per heavy atom. The van der Waals surface area contributed by atoms with Gasteiger partial charge >= 0.3 is 7.12 Å². The molecule has 0 bridgehead atoms. The Balaban J connectivity index is 2.32. The molecule has 1 aliphatic heterocycles. The molecular formula is C13H17BClNO2. The fraction of sp³-hybridized carbons (Fsp3) is 0.462. The van der Waals surface area contributed by atoms with Gasteiger partial charge < -0.3 is 9.31 Å². The molecule has 1 aliphatic rings. The number of hydrogen-bond donors (Lipinski definition) is 0. The fourth-order valence-electron chi connectivity index (χ4n) is 1.71. The molecule has 0 saturated carbocycles. The summed E-state index contributed by atoms with van der Waals surface area (Å²) in [5.74, 6) is 0. The first kappa shape index (κ1) is 13.6. The van der Waals surface area contributed by atoms with Crippen LogP contribution in [0.2, 0.25) is 5.02 Å². The number of halogens is 1. The van der Waals surface area contributed by atoms with Crippen molar-refractivity contribution < 1.29 is 9.31 Å². The second-order valence-corrected chi connectivity index (χ2v) is 5.83. The van der Waals surface area contributed by atoms with E-state index in [1.807, 2.05) is 27.7 Å². The predicted octanol–water partition coefficient (Wildman–Crippen LogP) is 2.68. The lowest BCUT2D eigenvalue weighted by Gasteiger charge is -2.32. The lowest BCUT2D eigenvalue weighted by atomic mass is 9.80. The largest absolute Gasteiger partial charge is 0.497 e. The van der Waals surface area contributed by atoms with Crippen LogP contribution in [0.15, 0.2) is 18.8 Å². The molecule has 0 aromatic carbocycles. The summed E-state index contributed by atoms with van der Waals surface area (Å²) in [5.41, 5.74) is 0.733. The van der Waals surface area contributed by atoms with Crippen molar-refractivity contribution in [1.29, 1.82) is 0 Å². The van der Waals surface area contributed by atoms with Crippen LogP contribution in [-0.2, 0) is 9.31 Å². The van der Waals surface area contributed by atoms with Crippen molar-refractivity contribution in [2.45, 2.75) is 38.9 Å². The minimum Gasteiger partial charge on any atom is -0.399 e. The minimum atomic E-state index is -0.478. The average molecular weight is 266 g/mol. The number of pyridine rings is 1. The number of aromatic nitrogens is 1. The first-order chi connectivity index (χ1) is 8.27. The zero-order valence-electron chi connectivity index (χ0n) is 11.2. The molecule has 1 aromatic rings. The second-order valence-electron chi connectivity index (χ2n) is 5.42. The van der Waals surface area contributed by atoms with Crippen molar-refractivity contribution in [3.05, 3.63) is 29.6 Å². The molecule has 2 heterocycles. The van der Waals surface area contributed by atoms with E-state index >= 15 is 0 Å². The topological polar surface area (TPSA) is 31.4 Å². The summed E-state index contributed by atoms with van der Waals surface area (Å²) in [5, 5.41) is 0.582. The molecular weight excluding hydrogens is 248 g/mol. The van der Waals surface area contributed by atoms with Crippen molar-refractivity contribution in [2.75, 3.05) is 0 Å². The minimum absolute atomic E-state index is 0.377. The van der Waals surface area contributed by atoms with Crippen molar-refractivity contribution in [2.24, 2.45) is 0 Å². The molecule has 0 spiro atoms. The summed E-state index contributed by atoms with van der Waals surface area (Å²) in [6, 6.07) is 1.76. The third-order valence-electron chi connectivity index (χ3n) is 3.62. The third-order valence-corrected chi connectivity index (χ3v) is 3.95. The Morgan fingerprint density at radius 1 is 1.28 bits per heavy atom. The van der Waals surface area contributed by atoms with E-state index < -0.39 is 7.12 Å². The predicted molar refractivity (Wildman–Crippen MR) is 75.1 cm³/mol. The van der Waals surface area contributed by atoms with Gasteiger partial charge in [-0.15, -0.1) is 0 Å². The first-order valence-electron chi connectivity index (χ1n) is 5.90. The molecule has 0 atom stereocenters. The van der Waals surface area contributed by atoms with Crippen LogP contribution >= 0.6 is 11.6 Å². The Kier molecular flexibility index (Phi) is 3.30. The van der Waals surface area contributed by atoms with Crippen molar-refractivity contribution in [1.82, 2.24) is 4.98 Å². The van der Waals surface area contributed by atoms with Gasteiger partial charge in [0.15, 0.2) is 0 Å². The van der Waals surface area contributed by atoms with Gasteiger partial charge in [-0.1, -0.05) is 18.2 Å². The van der Waals surface area contributed by atoms with Crippen LogP contribution in [0.1, 0.15) is 33.4 Å². The summed E-state index contributed by atoms with van der Waals surface area (Å²) in [6.07, 6.45) is 3.33. The van der Waals surface area contributed by atoms with Crippen LogP contribution < -0.4 is 5.46 Å². The standard InChI is InChI=1S/C13H17BClNO2/c1-6-9-7-11(15)10(8-16-9)14-17-12(2,3)13(4,5)18-14/h6-8H,1H2,2-5H3. The quantitative estimate of drug-likeness (QED) is 0.771. The van der Waals surface area contributed by atoms with Crippen molar-refractivity contribution in [3.8, 4) is 0 Å². The summed E-state index contributed by atoms with van der Waals surface area (Å²) < 4.78 is 11.9. The molecule has 18 heavy (non-hydrogen) atoms. The van der Waals surface area contributed by atoms with Gasteiger partial charge in [0.05, 0.1) is 16.9 Å². The summed E-state index contributed by atoms with van der Waals surface area (Å²) in [4.78, 5) is 4.24. The molecule has 3 nitrogen and oxygen atoms in total. The molecule has 0 unspecified atom stereocenters. The highest BCUT2D eigenvalue weighted by Gasteiger charge is 2.52. The van der Waals surface area contributed by atoms with Crippen LogP contribution in [-0.4, -0.2) is 23.3 Å². The van der Waals surface area contributed by atoms with Gasteiger partial charge in [-0.2, -0.15) is 0 Å². The van der Waals surface area contributed by atoms with Gasteiger partial charge in [0.2, 0.25) is 0 Å². The Bertz CT molecular complexity index is 472. The van der Waals surface area contributed by atoms with E-state index in [0.29, 0.717) is 5.02 Å². The maximum absolute atomic E-state index is 6.23. The smallest absolute Gasteiger partial charge is 0.399 e. The van der Waals surface area contributed by atoms with Gasteiger partial charge in [0.25, 0.3) is 0 Å². The molecule has 2 rings (SSSR count). The van der Waals surface area contributed by atoms with Gasteiger partial charge in [-0.3, -0.25) is 4.98 Å². The van der Waals surface area contributed by atoms with Crippen molar-refractivity contribution >= 4 is 30.3 Å². The zero-order valence-corrected chi connectivity index (χ0v) is 11.9. The maximum Gasteiger partial charge on any atom is 0.497 e. The molecule has 1 aromatic heterocycles. The number of hydrogen-bond acceptors (Lipinski definition) is 3. The normalized spacial score (nSPS) is 21.1. The second kappa shape index (κ2) is 4.37. The van der Waals surface area contributed by atoms with Crippen LogP contribution in [0.4, 0.5) is 0 Å².